The summed E-state index contributed by atoms with van der Waals surface area (Å²) in [5.74, 6) is 0. The van der Waals surface area contributed by atoms with Crippen molar-refractivity contribution in [3.05, 3.63) is 0 Å². The van der Waals surface area contributed by atoms with Crippen molar-refractivity contribution in [1.29, 1.82) is 0 Å². The monoisotopic (exact) mass is 140 g/mol. The Hall–Kier alpha value is 2.54. The second-order valence-corrected chi connectivity index (χ2v) is 0.326. The predicted molar refractivity (Wildman–Crippen MR) is 12.1 cm³/mol. The molecule has 0 rings (SSSR count). The summed E-state index contributed by atoms with van der Waals surface area (Å²) in [6.45, 7) is 0. The molecule has 0 aromatic carbocycles. The van der Waals surface area contributed by atoms with Crippen LogP contribution in [0, 0.1) is 0 Å². The molecule has 4 nitrogen and oxygen atoms in total. The maximum absolute atomic E-state index is 8.64. The van der Waals surface area contributed by atoms with Crippen molar-refractivity contribution in [2.75, 3.05) is 0 Å². The van der Waals surface area contributed by atoms with E-state index in [1.54, 1.807) is 0 Å². The van der Waals surface area contributed by atoms with E-state index in [-0.39, 0.29) is 86.4 Å². The maximum atomic E-state index is 8.64. The molecule has 7 heavy (non-hydrogen) atoms. The van der Waals surface area contributed by atoms with Crippen molar-refractivity contribution in [2.45, 2.75) is 0 Å². The Bertz CT molecular complexity index is 16.4. The van der Waals surface area contributed by atoms with Gasteiger partial charge in [-0.15, -0.1) is 0 Å². The Balaban J connectivity index is -0.0000000150. The molecule has 0 unspecified atom stereocenters. The molecular formula is H3BKNaO4. The number of hydrogen-bond donors (Lipinski definition) is 2. The summed E-state index contributed by atoms with van der Waals surface area (Å²) < 4.78 is 0. The van der Waals surface area contributed by atoms with Gasteiger partial charge in [0.25, 0.3) is 0 Å². The predicted octanol–water partition coefficient (Wildman–Crippen LogP) is -8.85. The zero-order valence-corrected chi connectivity index (χ0v) is 9.45. The standard InChI is InChI=1S/BH2O3.K.Na.H2O/c2-1(3)4;;;/h2-3H;;;1H2/q-1;2*+1;/p-1. The van der Waals surface area contributed by atoms with Gasteiger partial charge < -0.3 is 20.5 Å². The van der Waals surface area contributed by atoms with Crippen molar-refractivity contribution in [2.24, 2.45) is 0 Å². The van der Waals surface area contributed by atoms with E-state index < -0.39 is 7.32 Å². The molecule has 0 aliphatic rings. The van der Waals surface area contributed by atoms with Gasteiger partial charge in [0.1, 0.15) is 0 Å². The molecule has 0 spiro atoms. The maximum Gasteiger partial charge on any atom is 1.00 e. The molecule has 0 aromatic rings. The Morgan fingerprint density at radius 2 is 1.29 bits per heavy atom. The van der Waals surface area contributed by atoms with E-state index in [0.29, 0.717) is 0 Å². The minimum absolute atomic E-state index is 0. The molecule has 0 saturated carbocycles. The topological polar surface area (TPSA) is 93.5 Å². The van der Waals surface area contributed by atoms with E-state index in [1.807, 2.05) is 0 Å². The van der Waals surface area contributed by atoms with Gasteiger partial charge in [-0.3, -0.25) is 0 Å². The summed E-state index contributed by atoms with van der Waals surface area (Å²) >= 11 is 0. The van der Waals surface area contributed by atoms with Crippen LogP contribution in [0.25, 0.3) is 0 Å². The summed E-state index contributed by atoms with van der Waals surface area (Å²) in [7, 11) is -2.42. The van der Waals surface area contributed by atoms with Crippen molar-refractivity contribution >= 4 is 7.32 Å². The first-order chi connectivity index (χ1) is 1.73. The number of hydrogen-bond acceptors (Lipinski definition) is 4. The molecule has 0 aromatic heterocycles. The van der Waals surface area contributed by atoms with Gasteiger partial charge in [0, 0.05) is 0 Å². The van der Waals surface area contributed by atoms with Crippen LogP contribution in [0.2, 0.25) is 0 Å². The molecule has 0 amide bonds. The molecule has 0 bridgehead atoms. The first-order valence-corrected chi connectivity index (χ1v) is 0.752. The van der Waals surface area contributed by atoms with Gasteiger partial charge in [-0.05, 0) is 0 Å². The van der Waals surface area contributed by atoms with Gasteiger partial charge in [-0.2, -0.15) is 0 Å². The molecule has 0 radical (unpaired) electrons. The smallest absolute Gasteiger partial charge is 0.870 e. The van der Waals surface area contributed by atoms with Crippen LogP contribution in [0.3, 0.4) is 0 Å². The van der Waals surface area contributed by atoms with Crippen LogP contribution in [0.5, 0.6) is 0 Å². The van der Waals surface area contributed by atoms with Crippen LogP contribution in [0.15, 0.2) is 0 Å². The van der Waals surface area contributed by atoms with Gasteiger partial charge in [-0.25, -0.2) is 0 Å². The normalized spacial score (nSPS) is 3.86. The average Bonchev–Trinajstić information content (AvgIpc) is 0.811. The fraction of sp³-hybridized carbons (Fsp3) is 0. The minimum atomic E-state index is -2.42. The van der Waals surface area contributed by atoms with Crippen molar-refractivity contribution in [1.82, 2.24) is 0 Å². The van der Waals surface area contributed by atoms with Gasteiger partial charge in [0.15, 0.2) is 0 Å². The summed E-state index contributed by atoms with van der Waals surface area (Å²) in [6, 6.07) is 0. The van der Waals surface area contributed by atoms with Crippen LogP contribution in [-0.2, 0) is 0 Å². The third kappa shape index (κ3) is 56.6. The van der Waals surface area contributed by atoms with Crippen LogP contribution in [-0.4, -0.2) is 22.8 Å². The molecule has 0 aliphatic carbocycles. The molecule has 7 heteroatoms. The van der Waals surface area contributed by atoms with Crippen molar-refractivity contribution in [3.8, 4) is 0 Å². The quantitative estimate of drug-likeness (QED) is 0.326. The minimum Gasteiger partial charge on any atom is -0.870 e. The summed E-state index contributed by atoms with van der Waals surface area (Å²) in [5.41, 5.74) is 0. The zero-order valence-electron chi connectivity index (χ0n) is 4.33. The van der Waals surface area contributed by atoms with E-state index in [1.165, 1.54) is 0 Å². The van der Waals surface area contributed by atoms with Gasteiger partial charge >= 0.3 is 88.3 Å². The number of rotatable bonds is 0. The fourth-order valence-corrected chi connectivity index (χ4v) is 0. The van der Waals surface area contributed by atoms with E-state index in [0.717, 1.165) is 0 Å². The molecular weight excluding hydrogens is 137 g/mol. The van der Waals surface area contributed by atoms with Crippen molar-refractivity contribution < 1.29 is 101 Å². The second kappa shape index (κ2) is 15.8. The molecule has 0 heterocycles. The molecule has 0 atom stereocenters. The van der Waals surface area contributed by atoms with Gasteiger partial charge in [-0.1, -0.05) is 0 Å². The largest absolute Gasteiger partial charge is 1.00 e. The SMILES string of the molecule is [K+].[Na+].[O-]B(O)O.[OH-]. The first-order valence-electron chi connectivity index (χ1n) is 0.752. The van der Waals surface area contributed by atoms with Crippen LogP contribution in [0.1, 0.15) is 0 Å². The Labute approximate surface area is 107 Å². The average molecular weight is 140 g/mol. The van der Waals surface area contributed by atoms with Crippen LogP contribution >= 0.6 is 0 Å². The first kappa shape index (κ1) is 22.7. The zero-order chi connectivity index (χ0) is 3.58. The Morgan fingerprint density at radius 1 is 1.29 bits per heavy atom. The Morgan fingerprint density at radius 3 is 1.29 bits per heavy atom. The van der Waals surface area contributed by atoms with Crippen molar-refractivity contribution in [3.63, 3.8) is 0 Å². The third-order valence-corrected chi connectivity index (χ3v) is 0. The second-order valence-electron chi connectivity index (χ2n) is 0.326. The molecule has 0 aliphatic heterocycles. The van der Waals surface area contributed by atoms with E-state index in [4.69, 9.17) is 15.1 Å². The van der Waals surface area contributed by atoms with Gasteiger partial charge in [0.05, 0.1) is 0 Å². The van der Waals surface area contributed by atoms with Crippen LogP contribution < -0.4 is 86.0 Å². The summed E-state index contributed by atoms with van der Waals surface area (Å²) in [4.78, 5) is 0. The molecule has 0 saturated heterocycles. The summed E-state index contributed by atoms with van der Waals surface area (Å²) in [6.07, 6.45) is 0. The van der Waals surface area contributed by atoms with Gasteiger partial charge in [0.2, 0.25) is 0 Å². The Kier molecular flexibility index (Phi) is 51.2. The molecule has 32 valence electrons. The molecule has 0 fully saturated rings. The van der Waals surface area contributed by atoms with Crippen LogP contribution in [0.4, 0.5) is 0 Å². The van der Waals surface area contributed by atoms with E-state index in [2.05, 4.69) is 0 Å². The summed E-state index contributed by atoms with van der Waals surface area (Å²) in [5, 5.41) is 22.8. The fourth-order valence-electron chi connectivity index (χ4n) is 0. The van der Waals surface area contributed by atoms with E-state index in [9.17, 15) is 0 Å². The molecule has 3 N–H and O–H groups in total. The van der Waals surface area contributed by atoms with E-state index >= 15 is 0 Å². The third-order valence-electron chi connectivity index (χ3n) is 0.